The molecular formula is C16H24N2O2. The minimum absolute atomic E-state index is 0.697. The number of aldehydes is 1. The van der Waals surface area contributed by atoms with E-state index < -0.39 is 0 Å². The molecule has 0 saturated carbocycles. The molecule has 1 saturated heterocycles. The van der Waals surface area contributed by atoms with Gasteiger partial charge in [0.25, 0.3) is 0 Å². The summed E-state index contributed by atoms with van der Waals surface area (Å²) in [5, 5.41) is 0. The van der Waals surface area contributed by atoms with Crippen LogP contribution in [-0.4, -0.2) is 62.5 Å². The maximum absolute atomic E-state index is 11.0. The van der Waals surface area contributed by atoms with E-state index in [1.165, 1.54) is 0 Å². The lowest BCUT2D eigenvalue weighted by Gasteiger charge is -2.32. The average molecular weight is 276 g/mol. The normalized spacial score (nSPS) is 17.1. The quantitative estimate of drug-likeness (QED) is 0.767. The Morgan fingerprint density at radius 1 is 1.15 bits per heavy atom. The first kappa shape index (κ1) is 15.0. The van der Waals surface area contributed by atoms with Crippen LogP contribution >= 0.6 is 0 Å². The van der Waals surface area contributed by atoms with Gasteiger partial charge < -0.3 is 9.64 Å². The van der Waals surface area contributed by atoms with Crippen LogP contribution in [0.25, 0.3) is 0 Å². The van der Waals surface area contributed by atoms with E-state index in [9.17, 15) is 4.79 Å². The minimum Gasteiger partial charge on any atom is -0.492 e. The van der Waals surface area contributed by atoms with Crippen LogP contribution in [0.4, 0.5) is 0 Å². The Hall–Kier alpha value is -1.39. The van der Waals surface area contributed by atoms with Crippen molar-refractivity contribution in [2.24, 2.45) is 0 Å². The van der Waals surface area contributed by atoms with Gasteiger partial charge in [-0.2, -0.15) is 0 Å². The number of piperazine rings is 1. The van der Waals surface area contributed by atoms with E-state index in [0.717, 1.165) is 61.4 Å². The summed E-state index contributed by atoms with van der Waals surface area (Å²) in [5.41, 5.74) is 2.74. The van der Waals surface area contributed by atoms with Crippen molar-refractivity contribution in [2.75, 3.05) is 46.4 Å². The predicted octanol–water partition coefficient (Wildman–Crippen LogP) is 1.74. The Morgan fingerprint density at radius 2 is 1.75 bits per heavy atom. The summed E-state index contributed by atoms with van der Waals surface area (Å²) in [5.74, 6) is 0.861. The van der Waals surface area contributed by atoms with Crippen LogP contribution < -0.4 is 4.74 Å². The van der Waals surface area contributed by atoms with Crippen molar-refractivity contribution in [2.45, 2.75) is 13.8 Å². The van der Waals surface area contributed by atoms with E-state index >= 15 is 0 Å². The van der Waals surface area contributed by atoms with Crippen LogP contribution in [0.5, 0.6) is 5.75 Å². The van der Waals surface area contributed by atoms with E-state index in [4.69, 9.17) is 4.74 Å². The molecule has 4 heteroatoms. The standard InChI is InChI=1S/C16H24N2O2/c1-13-10-15(11-14(2)16(13)12-19)20-9-8-18-6-4-17(3)5-7-18/h10-12H,4-9H2,1-3H3. The van der Waals surface area contributed by atoms with Crippen LogP contribution in [0.1, 0.15) is 21.5 Å². The molecule has 1 aliphatic heterocycles. The molecule has 0 unspecified atom stereocenters. The molecule has 1 aromatic carbocycles. The second-order valence-electron chi connectivity index (χ2n) is 5.58. The second kappa shape index (κ2) is 6.86. The fourth-order valence-corrected chi connectivity index (χ4v) is 2.57. The number of likely N-dealkylation sites (N-methyl/N-ethyl adjacent to an activating group) is 1. The number of benzene rings is 1. The zero-order valence-electron chi connectivity index (χ0n) is 12.7. The highest BCUT2D eigenvalue weighted by atomic mass is 16.5. The lowest BCUT2D eigenvalue weighted by atomic mass is 10.0. The Kier molecular flexibility index (Phi) is 5.15. The third-order valence-electron chi connectivity index (χ3n) is 3.96. The number of hydrogen-bond donors (Lipinski definition) is 0. The van der Waals surface area contributed by atoms with Crippen LogP contribution in [0.15, 0.2) is 12.1 Å². The SMILES string of the molecule is Cc1cc(OCCN2CCN(C)CC2)cc(C)c1C=O. The fourth-order valence-electron chi connectivity index (χ4n) is 2.57. The number of nitrogens with zero attached hydrogens (tertiary/aromatic N) is 2. The van der Waals surface area contributed by atoms with Gasteiger partial charge in [-0.15, -0.1) is 0 Å². The summed E-state index contributed by atoms with van der Waals surface area (Å²) >= 11 is 0. The van der Waals surface area contributed by atoms with Crippen molar-refractivity contribution in [1.82, 2.24) is 9.80 Å². The van der Waals surface area contributed by atoms with E-state index in [2.05, 4.69) is 16.8 Å². The molecule has 1 fully saturated rings. The average Bonchev–Trinajstić information content (AvgIpc) is 2.41. The van der Waals surface area contributed by atoms with E-state index in [1.54, 1.807) is 0 Å². The summed E-state index contributed by atoms with van der Waals surface area (Å²) < 4.78 is 5.83. The molecule has 0 radical (unpaired) electrons. The Morgan fingerprint density at radius 3 is 2.30 bits per heavy atom. The van der Waals surface area contributed by atoms with Crippen molar-refractivity contribution in [1.29, 1.82) is 0 Å². The second-order valence-corrected chi connectivity index (χ2v) is 5.58. The van der Waals surface area contributed by atoms with E-state index in [1.807, 2.05) is 26.0 Å². The summed E-state index contributed by atoms with van der Waals surface area (Å²) in [6, 6.07) is 3.89. The van der Waals surface area contributed by atoms with Gasteiger partial charge in [-0.3, -0.25) is 9.69 Å². The third-order valence-corrected chi connectivity index (χ3v) is 3.96. The van der Waals surface area contributed by atoms with Gasteiger partial charge in [0, 0.05) is 38.3 Å². The molecule has 0 aromatic heterocycles. The number of rotatable bonds is 5. The van der Waals surface area contributed by atoms with Crippen molar-refractivity contribution in [3.8, 4) is 5.75 Å². The largest absolute Gasteiger partial charge is 0.492 e. The number of ether oxygens (including phenoxy) is 1. The summed E-state index contributed by atoms with van der Waals surface area (Å²) in [6.07, 6.45) is 0.915. The first-order chi connectivity index (χ1) is 9.60. The highest BCUT2D eigenvalue weighted by molar-refractivity contribution is 5.80. The minimum atomic E-state index is 0.697. The topological polar surface area (TPSA) is 32.8 Å². The molecule has 1 heterocycles. The third kappa shape index (κ3) is 3.81. The molecule has 1 aromatic rings. The molecule has 1 aliphatic rings. The lowest BCUT2D eigenvalue weighted by molar-refractivity contribution is 0.112. The van der Waals surface area contributed by atoms with Gasteiger partial charge in [-0.05, 0) is 44.2 Å². The molecule has 0 N–H and O–H groups in total. The molecular weight excluding hydrogens is 252 g/mol. The zero-order chi connectivity index (χ0) is 14.5. The van der Waals surface area contributed by atoms with Gasteiger partial charge in [-0.1, -0.05) is 0 Å². The van der Waals surface area contributed by atoms with Crippen molar-refractivity contribution < 1.29 is 9.53 Å². The maximum Gasteiger partial charge on any atom is 0.150 e. The molecule has 110 valence electrons. The number of carbonyl (C=O) groups excluding carboxylic acids is 1. The summed E-state index contributed by atoms with van der Waals surface area (Å²) in [4.78, 5) is 15.7. The number of carbonyl (C=O) groups is 1. The number of hydrogen-bond acceptors (Lipinski definition) is 4. The van der Waals surface area contributed by atoms with Gasteiger partial charge in [0.05, 0.1) is 0 Å². The summed E-state index contributed by atoms with van der Waals surface area (Å²) in [7, 11) is 2.16. The monoisotopic (exact) mass is 276 g/mol. The van der Waals surface area contributed by atoms with Crippen LogP contribution in [-0.2, 0) is 0 Å². The van der Waals surface area contributed by atoms with E-state index in [0.29, 0.717) is 6.61 Å². The van der Waals surface area contributed by atoms with Crippen LogP contribution in [0.3, 0.4) is 0 Å². The van der Waals surface area contributed by atoms with Crippen molar-refractivity contribution in [3.05, 3.63) is 28.8 Å². The molecule has 0 atom stereocenters. The first-order valence-corrected chi connectivity index (χ1v) is 7.20. The van der Waals surface area contributed by atoms with Crippen molar-refractivity contribution >= 4 is 6.29 Å². The van der Waals surface area contributed by atoms with E-state index in [-0.39, 0.29) is 0 Å². The van der Waals surface area contributed by atoms with Crippen LogP contribution in [0, 0.1) is 13.8 Å². The lowest BCUT2D eigenvalue weighted by Crippen LogP contribution is -2.45. The van der Waals surface area contributed by atoms with Gasteiger partial charge in [0.15, 0.2) is 6.29 Å². The van der Waals surface area contributed by atoms with Gasteiger partial charge in [0.2, 0.25) is 0 Å². The molecule has 0 aliphatic carbocycles. The fraction of sp³-hybridized carbons (Fsp3) is 0.562. The number of aryl methyl sites for hydroxylation is 2. The van der Waals surface area contributed by atoms with Crippen LogP contribution in [0.2, 0.25) is 0 Å². The Balaban J connectivity index is 1.84. The van der Waals surface area contributed by atoms with Crippen molar-refractivity contribution in [3.63, 3.8) is 0 Å². The predicted molar refractivity (Wildman–Crippen MR) is 80.7 cm³/mol. The highest BCUT2D eigenvalue weighted by Crippen LogP contribution is 2.20. The smallest absolute Gasteiger partial charge is 0.150 e. The zero-order valence-corrected chi connectivity index (χ0v) is 12.7. The molecule has 4 nitrogen and oxygen atoms in total. The molecule has 20 heavy (non-hydrogen) atoms. The molecule has 2 rings (SSSR count). The Bertz CT molecular complexity index is 443. The molecule has 0 bridgehead atoms. The maximum atomic E-state index is 11.0. The van der Waals surface area contributed by atoms with Gasteiger partial charge >= 0.3 is 0 Å². The van der Waals surface area contributed by atoms with Gasteiger partial charge in [0.1, 0.15) is 12.4 Å². The molecule has 0 amide bonds. The Labute approximate surface area is 121 Å². The highest BCUT2D eigenvalue weighted by Gasteiger charge is 2.13. The molecule has 0 spiro atoms. The first-order valence-electron chi connectivity index (χ1n) is 7.20. The summed E-state index contributed by atoms with van der Waals surface area (Å²) in [6.45, 7) is 10.0. The van der Waals surface area contributed by atoms with Gasteiger partial charge in [-0.25, -0.2) is 0 Å².